The van der Waals surface area contributed by atoms with E-state index >= 15 is 0 Å². The molecule has 0 aliphatic carbocycles. The highest BCUT2D eigenvalue weighted by Gasteiger charge is 2.04. The summed E-state index contributed by atoms with van der Waals surface area (Å²) in [7, 11) is 1.59. The SMILES string of the molecule is COCC(O)CCc1nccs1. The van der Waals surface area contributed by atoms with Crippen molar-refractivity contribution >= 4 is 11.3 Å². The predicted octanol–water partition coefficient (Wildman–Crippen LogP) is 1.08. The molecule has 1 aromatic heterocycles. The van der Waals surface area contributed by atoms with Gasteiger partial charge in [-0.3, -0.25) is 0 Å². The lowest BCUT2D eigenvalue weighted by atomic mass is 10.2. The van der Waals surface area contributed by atoms with E-state index in [-0.39, 0.29) is 6.10 Å². The van der Waals surface area contributed by atoms with E-state index in [4.69, 9.17) is 4.74 Å². The number of rotatable bonds is 5. The van der Waals surface area contributed by atoms with Gasteiger partial charge in [0.1, 0.15) is 0 Å². The summed E-state index contributed by atoms with van der Waals surface area (Å²) >= 11 is 1.62. The van der Waals surface area contributed by atoms with E-state index in [0.717, 1.165) is 17.8 Å². The van der Waals surface area contributed by atoms with Crippen LogP contribution in [0.4, 0.5) is 0 Å². The summed E-state index contributed by atoms with van der Waals surface area (Å²) in [6.45, 7) is 0.408. The molecule has 3 nitrogen and oxygen atoms in total. The molecular formula is C8H13NO2S. The van der Waals surface area contributed by atoms with Crippen molar-refractivity contribution in [3.63, 3.8) is 0 Å². The maximum absolute atomic E-state index is 9.30. The lowest BCUT2D eigenvalue weighted by Crippen LogP contribution is -2.14. The summed E-state index contributed by atoms with van der Waals surface area (Å²) in [5, 5.41) is 12.3. The van der Waals surface area contributed by atoms with Crippen LogP contribution in [0.1, 0.15) is 11.4 Å². The average molecular weight is 187 g/mol. The largest absolute Gasteiger partial charge is 0.391 e. The number of ether oxygens (including phenoxy) is 1. The van der Waals surface area contributed by atoms with Crippen LogP contribution in [-0.4, -0.2) is 29.9 Å². The normalized spacial score (nSPS) is 13.2. The zero-order chi connectivity index (χ0) is 8.81. The van der Waals surface area contributed by atoms with Crippen molar-refractivity contribution in [2.75, 3.05) is 13.7 Å². The van der Waals surface area contributed by atoms with Gasteiger partial charge in [-0.25, -0.2) is 4.98 Å². The molecule has 0 saturated heterocycles. The molecule has 0 fully saturated rings. The number of aliphatic hydroxyl groups excluding tert-OH is 1. The van der Waals surface area contributed by atoms with Gasteiger partial charge in [0.15, 0.2) is 0 Å². The highest BCUT2D eigenvalue weighted by molar-refractivity contribution is 7.09. The first-order chi connectivity index (χ1) is 5.83. The van der Waals surface area contributed by atoms with Gasteiger partial charge in [0.05, 0.1) is 17.7 Å². The van der Waals surface area contributed by atoms with Crippen LogP contribution in [0.5, 0.6) is 0 Å². The second-order valence-electron chi connectivity index (χ2n) is 2.57. The van der Waals surface area contributed by atoms with Crippen molar-refractivity contribution < 1.29 is 9.84 Å². The summed E-state index contributed by atoms with van der Waals surface area (Å²) in [6.07, 6.45) is 2.98. The first-order valence-electron chi connectivity index (χ1n) is 3.88. The Morgan fingerprint density at radius 2 is 2.58 bits per heavy atom. The van der Waals surface area contributed by atoms with Gasteiger partial charge >= 0.3 is 0 Å². The first kappa shape index (κ1) is 9.64. The summed E-state index contributed by atoms with van der Waals surface area (Å²) < 4.78 is 4.81. The molecule has 0 aliphatic heterocycles. The summed E-state index contributed by atoms with van der Waals surface area (Å²) in [4.78, 5) is 4.11. The Labute approximate surface area is 76.0 Å². The number of nitrogens with zero attached hydrogens (tertiary/aromatic N) is 1. The maximum atomic E-state index is 9.30. The quantitative estimate of drug-likeness (QED) is 0.750. The topological polar surface area (TPSA) is 42.4 Å². The molecule has 0 radical (unpaired) electrons. The molecule has 1 atom stereocenters. The van der Waals surface area contributed by atoms with Gasteiger partial charge in [-0.2, -0.15) is 0 Å². The van der Waals surface area contributed by atoms with Crippen LogP contribution in [0.15, 0.2) is 11.6 Å². The fraction of sp³-hybridized carbons (Fsp3) is 0.625. The molecule has 12 heavy (non-hydrogen) atoms. The van der Waals surface area contributed by atoms with Gasteiger partial charge < -0.3 is 9.84 Å². The van der Waals surface area contributed by atoms with Crippen LogP contribution >= 0.6 is 11.3 Å². The van der Waals surface area contributed by atoms with E-state index in [2.05, 4.69) is 4.98 Å². The van der Waals surface area contributed by atoms with Gasteiger partial charge in [-0.05, 0) is 6.42 Å². The Kier molecular flexibility index (Phi) is 4.21. The maximum Gasteiger partial charge on any atom is 0.0925 e. The fourth-order valence-electron chi connectivity index (χ4n) is 0.942. The van der Waals surface area contributed by atoms with Crippen LogP contribution in [0.2, 0.25) is 0 Å². The highest BCUT2D eigenvalue weighted by Crippen LogP contribution is 2.08. The van der Waals surface area contributed by atoms with E-state index in [9.17, 15) is 5.11 Å². The van der Waals surface area contributed by atoms with Crippen molar-refractivity contribution in [3.8, 4) is 0 Å². The molecule has 1 rings (SSSR count). The van der Waals surface area contributed by atoms with Gasteiger partial charge in [-0.1, -0.05) is 0 Å². The third-order valence-electron chi connectivity index (χ3n) is 1.53. The molecule has 1 N–H and O–H groups in total. The van der Waals surface area contributed by atoms with E-state index in [0.29, 0.717) is 6.61 Å². The Morgan fingerprint density at radius 3 is 3.17 bits per heavy atom. The van der Waals surface area contributed by atoms with Crippen molar-refractivity contribution in [2.24, 2.45) is 0 Å². The predicted molar refractivity (Wildman–Crippen MR) is 48.3 cm³/mol. The Bertz CT molecular complexity index is 201. The summed E-state index contributed by atoms with van der Waals surface area (Å²) in [6, 6.07) is 0. The Balaban J connectivity index is 2.17. The number of hydrogen-bond donors (Lipinski definition) is 1. The van der Waals surface area contributed by atoms with Crippen LogP contribution in [0, 0.1) is 0 Å². The number of aromatic nitrogens is 1. The van der Waals surface area contributed by atoms with E-state index < -0.39 is 0 Å². The number of aryl methyl sites for hydroxylation is 1. The van der Waals surface area contributed by atoms with Crippen LogP contribution in [0.3, 0.4) is 0 Å². The Morgan fingerprint density at radius 1 is 1.75 bits per heavy atom. The van der Waals surface area contributed by atoms with Crippen LogP contribution in [-0.2, 0) is 11.2 Å². The smallest absolute Gasteiger partial charge is 0.0925 e. The molecule has 68 valence electrons. The minimum atomic E-state index is -0.362. The molecule has 1 aromatic rings. The molecule has 4 heteroatoms. The van der Waals surface area contributed by atoms with Crippen LogP contribution < -0.4 is 0 Å². The number of thiazole rings is 1. The van der Waals surface area contributed by atoms with Gasteiger partial charge in [0, 0.05) is 25.1 Å². The number of aliphatic hydroxyl groups is 1. The molecule has 0 bridgehead atoms. The fourth-order valence-corrected chi connectivity index (χ4v) is 1.58. The third-order valence-corrected chi connectivity index (χ3v) is 2.37. The van der Waals surface area contributed by atoms with E-state index in [1.54, 1.807) is 24.6 Å². The molecule has 0 saturated carbocycles. The second-order valence-corrected chi connectivity index (χ2v) is 3.55. The standard InChI is InChI=1S/C8H13NO2S/c1-11-6-7(10)2-3-8-9-4-5-12-8/h4-5,7,10H,2-3,6H2,1H3. The number of hydrogen-bond acceptors (Lipinski definition) is 4. The molecule has 1 unspecified atom stereocenters. The lowest BCUT2D eigenvalue weighted by Gasteiger charge is -2.06. The Hall–Kier alpha value is -0.450. The minimum absolute atomic E-state index is 0.362. The monoisotopic (exact) mass is 187 g/mol. The minimum Gasteiger partial charge on any atom is -0.391 e. The summed E-state index contributed by atoms with van der Waals surface area (Å²) in [5.74, 6) is 0. The molecular weight excluding hydrogens is 174 g/mol. The van der Waals surface area contributed by atoms with Crippen molar-refractivity contribution in [2.45, 2.75) is 18.9 Å². The van der Waals surface area contributed by atoms with Gasteiger partial charge in [0.2, 0.25) is 0 Å². The summed E-state index contributed by atoms with van der Waals surface area (Å²) in [5.41, 5.74) is 0. The molecule has 0 amide bonds. The van der Waals surface area contributed by atoms with E-state index in [1.165, 1.54) is 0 Å². The van der Waals surface area contributed by atoms with Gasteiger partial charge in [-0.15, -0.1) is 11.3 Å². The molecule has 0 aromatic carbocycles. The zero-order valence-electron chi connectivity index (χ0n) is 7.06. The van der Waals surface area contributed by atoms with Crippen molar-refractivity contribution in [3.05, 3.63) is 16.6 Å². The molecule has 0 aliphatic rings. The highest BCUT2D eigenvalue weighted by atomic mass is 32.1. The van der Waals surface area contributed by atoms with Crippen LogP contribution in [0.25, 0.3) is 0 Å². The third kappa shape index (κ3) is 3.30. The molecule has 1 heterocycles. The van der Waals surface area contributed by atoms with Crippen molar-refractivity contribution in [1.82, 2.24) is 4.98 Å². The zero-order valence-corrected chi connectivity index (χ0v) is 7.88. The number of methoxy groups -OCH3 is 1. The molecule has 0 spiro atoms. The van der Waals surface area contributed by atoms with Gasteiger partial charge in [0.25, 0.3) is 0 Å². The average Bonchev–Trinajstić information content (AvgIpc) is 2.53. The first-order valence-corrected chi connectivity index (χ1v) is 4.76. The van der Waals surface area contributed by atoms with Crippen molar-refractivity contribution in [1.29, 1.82) is 0 Å². The van der Waals surface area contributed by atoms with E-state index in [1.807, 2.05) is 5.38 Å². The second kappa shape index (κ2) is 5.24. The lowest BCUT2D eigenvalue weighted by molar-refractivity contribution is 0.0595.